The van der Waals surface area contributed by atoms with Crippen LogP contribution in [0.5, 0.6) is 0 Å². The lowest BCUT2D eigenvalue weighted by Crippen LogP contribution is -2.53. The van der Waals surface area contributed by atoms with Crippen LogP contribution in [-0.2, 0) is 14.6 Å². The van der Waals surface area contributed by atoms with Gasteiger partial charge in [0.1, 0.15) is 0 Å². The quantitative estimate of drug-likeness (QED) is 0.848. The van der Waals surface area contributed by atoms with Crippen LogP contribution in [0.1, 0.15) is 26.3 Å². The van der Waals surface area contributed by atoms with E-state index in [9.17, 15) is 13.2 Å². The highest BCUT2D eigenvalue weighted by atomic mass is 32.2. The molecule has 0 radical (unpaired) electrons. The number of nitrogens with one attached hydrogen (secondary N) is 1. The molecule has 1 aromatic carbocycles. The number of rotatable bonds is 2. The SMILES string of the molecule is CC1=CC(C)(C)NC(=O)[C@H]1S(=O)(=O)c1ccc(C)cc1. The summed E-state index contributed by atoms with van der Waals surface area (Å²) in [7, 11) is -3.71. The van der Waals surface area contributed by atoms with Gasteiger partial charge in [-0.25, -0.2) is 8.42 Å². The zero-order valence-electron chi connectivity index (χ0n) is 12.1. The van der Waals surface area contributed by atoms with Gasteiger partial charge >= 0.3 is 0 Å². The molecule has 0 saturated carbocycles. The third-order valence-electron chi connectivity index (χ3n) is 3.35. The molecule has 108 valence electrons. The molecule has 20 heavy (non-hydrogen) atoms. The van der Waals surface area contributed by atoms with Crippen molar-refractivity contribution in [2.24, 2.45) is 0 Å². The second kappa shape index (κ2) is 4.74. The highest BCUT2D eigenvalue weighted by Gasteiger charge is 2.40. The average molecular weight is 293 g/mol. The molecule has 1 aliphatic rings. The molecule has 0 unspecified atom stereocenters. The monoisotopic (exact) mass is 293 g/mol. The number of carbonyl (C=O) groups excluding carboxylic acids is 1. The Morgan fingerprint density at radius 1 is 1.10 bits per heavy atom. The lowest BCUT2D eigenvalue weighted by molar-refractivity contribution is -0.121. The van der Waals surface area contributed by atoms with Crippen LogP contribution in [0, 0.1) is 6.92 Å². The number of hydrogen-bond donors (Lipinski definition) is 1. The van der Waals surface area contributed by atoms with Crippen LogP contribution in [0.2, 0.25) is 0 Å². The summed E-state index contributed by atoms with van der Waals surface area (Å²) in [5.74, 6) is -0.462. The van der Waals surface area contributed by atoms with Crippen molar-refractivity contribution in [3.8, 4) is 0 Å². The first-order chi connectivity index (χ1) is 9.13. The Balaban J connectivity index is 2.50. The Morgan fingerprint density at radius 2 is 1.65 bits per heavy atom. The number of carbonyl (C=O) groups is 1. The van der Waals surface area contributed by atoms with Gasteiger partial charge in [0.05, 0.1) is 10.4 Å². The molecular formula is C15H19NO3S. The molecule has 0 fully saturated rings. The van der Waals surface area contributed by atoms with Crippen LogP contribution in [0.15, 0.2) is 40.8 Å². The third-order valence-corrected chi connectivity index (χ3v) is 5.48. The van der Waals surface area contributed by atoms with Crippen molar-refractivity contribution in [2.75, 3.05) is 0 Å². The Kier molecular flexibility index (Phi) is 3.50. The van der Waals surface area contributed by atoms with E-state index in [2.05, 4.69) is 5.32 Å². The van der Waals surface area contributed by atoms with Crippen LogP contribution in [0.3, 0.4) is 0 Å². The van der Waals surface area contributed by atoms with Gasteiger partial charge in [0, 0.05) is 0 Å². The van der Waals surface area contributed by atoms with E-state index < -0.39 is 26.5 Å². The molecular weight excluding hydrogens is 274 g/mol. The van der Waals surface area contributed by atoms with Crippen LogP contribution in [0.4, 0.5) is 0 Å². The topological polar surface area (TPSA) is 63.2 Å². The lowest BCUT2D eigenvalue weighted by Gasteiger charge is -2.32. The first kappa shape index (κ1) is 14.8. The highest BCUT2D eigenvalue weighted by Crippen LogP contribution is 2.27. The molecule has 5 heteroatoms. The lowest BCUT2D eigenvalue weighted by atomic mass is 9.95. The van der Waals surface area contributed by atoms with Crippen molar-refractivity contribution < 1.29 is 13.2 Å². The molecule has 0 aromatic heterocycles. The standard InChI is InChI=1S/C15H19NO3S/c1-10-5-7-12(8-6-10)20(18,19)13-11(2)9-15(3,4)16-14(13)17/h5-9,13H,1-4H3,(H,16,17)/t13-/m0/s1. The zero-order chi connectivity index (χ0) is 15.1. The summed E-state index contributed by atoms with van der Waals surface area (Å²) in [4.78, 5) is 12.4. The number of benzene rings is 1. The third kappa shape index (κ3) is 2.63. The van der Waals surface area contributed by atoms with Gasteiger partial charge in [-0.15, -0.1) is 0 Å². The van der Waals surface area contributed by atoms with Crippen molar-refractivity contribution in [3.63, 3.8) is 0 Å². The van der Waals surface area contributed by atoms with Crippen molar-refractivity contribution in [1.29, 1.82) is 0 Å². The number of sulfone groups is 1. The average Bonchev–Trinajstić information content (AvgIpc) is 2.25. The van der Waals surface area contributed by atoms with Crippen LogP contribution >= 0.6 is 0 Å². The van der Waals surface area contributed by atoms with Crippen molar-refractivity contribution in [1.82, 2.24) is 5.32 Å². The summed E-state index contributed by atoms with van der Waals surface area (Å²) in [5, 5.41) is 1.59. The van der Waals surface area contributed by atoms with Gasteiger partial charge in [-0.05, 0) is 45.4 Å². The maximum atomic E-state index is 12.6. The van der Waals surface area contributed by atoms with E-state index in [4.69, 9.17) is 0 Å². The van der Waals surface area contributed by atoms with Gasteiger partial charge in [0.2, 0.25) is 5.91 Å². The van der Waals surface area contributed by atoms with E-state index >= 15 is 0 Å². The van der Waals surface area contributed by atoms with Gasteiger partial charge in [-0.1, -0.05) is 23.8 Å². The fourth-order valence-corrected chi connectivity index (χ4v) is 4.21. The van der Waals surface area contributed by atoms with Gasteiger partial charge in [0.15, 0.2) is 15.1 Å². The Labute approximate surface area is 119 Å². The summed E-state index contributed by atoms with van der Waals surface area (Å²) in [6, 6.07) is 6.56. The first-order valence-electron chi connectivity index (χ1n) is 6.45. The molecule has 1 atom stereocenters. The minimum absolute atomic E-state index is 0.177. The Bertz CT molecular complexity index is 670. The summed E-state index contributed by atoms with van der Waals surface area (Å²) >= 11 is 0. The molecule has 1 aliphatic heterocycles. The molecule has 0 aliphatic carbocycles. The fraction of sp³-hybridized carbons (Fsp3) is 0.400. The molecule has 1 heterocycles. The summed E-state index contributed by atoms with van der Waals surface area (Å²) in [6.07, 6.45) is 1.80. The van der Waals surface area contributed by atoms with Crippen molar-refractivity contribution in [3.05, 3.63) is 41.5 Å². The van der Waals surface area contributed by atoms with E-state index in [1.807, 2.05) is 20.8 Å². The summed E-state index contributed by atoms with van der Waals surface area (Å²) in [5.41, 5.74) is 1.03. The smallest absolute Gasteiger partial charge is 0.243 e. The normalized spacial score (nSPS) is 22.1. The predicted octanol–water partition coefficient (Wildman–Crippen LogP) is 1.99. The summed E-state index contributed by atoms with van der Waals surface area (Å²) in [6.45, 7) is 7.25. The van der Waals surface area contributed by atoms with E-state index in [1.54, 1.807) is 37.3 Å². The second-order valence-electron chi connectivity index (χ2n) is 5.84. The number of aryl methyl sites for hydroxylation is 1. The van der Waals surface area contributed by atoms with Gasteiger partial charge in [-0.3, -0.25) is 4.79 Å². The molecule has 1 aromatic rings. The molecule has 4 nitrogen and oxygen atoms in total. The maximum absolute atomic E-state index is 12.6. The van der Waals surface area contributed by atoms with E-state index in [0.29, 0.717) is 5.57 Å². The van der Waals surface area contributed by atoms with Crippen molar-refractivity contribution in [2.45, 2.75) is 43.4 Å². The Morgan fingerprint density at radius 3 is 2.15 bits per heavy atom. The van der Waals surface area contributed by atoms with Crippen LogP contribution in [-0.4, -0.2) is 25.1 Å². The zero-order valence-corrected chi connectivity index (χ0v) is 12.9. The largest absolute Gasteiger partial charge is 0.346 e. The molecule has 1 N–H and O–H groups in total. The first-order valence-corrected chi connectivity index (χ1v) is 8.00. The van der Waals surface area contributed by atoms with E-state index in [1.165, 1.54) is 0 Å². The minimum atomic E-state index is -3.71. The number of hydrogen-bond acceptors (Lipinski definition) is 3. The number of amides is 1. The van der Waals surface area contributed by atoms with Crippen molar-refractivity contribution >= 4 is 15.7 Å². The van der Waals surface area contributed by atoms with Crippen LogP contribution in [0.25, 0.3) is 0 Å². The highest BCUT2D eigenvalue weighted by molar-refractivity contribution is 7.93. The second-order valence-corrected chi connectivity index (χ2v) is 7.87. The summed E-state index contributed by atoms with van der Waals surface area (Å²) < 4.78 is 25.3. The molecule has 0 spiro atoms. The fourth-order valence-electron chi connectivity index (χ4n) is 2.52. The Hall–Kier alpha value is -1.62. The maximum Gasteiger partial charge on any atom is 0.243 e. The molecule has 2 rings (SSSR count). The molecule has 1 amide bonds. The molecule has 0 saturated heterocycles. The predicted molar refractivity (Wildman–Crippen MR) is 78.1 cm³/mol. The van der Waals surface area contributed by atoms with Gasteiger partial charge in [0.25, 0.3) is 0 Å². The minimum Gasteiger partial charge on any atom is -0.346 e. The van der Waals surface area contributed by atoms with E-state index in [0.717, 1.165) is 5.56 Å². The van der Waals surface area contributed by atoms with E-state index in [-0.39, 0.29) is 4.90 Å². The van der Waals surface area contributed by atoms with Gasteiger partial charge < -0.3 is 5.32 Å². The van der Waals surface area contributed by atoms with Gasteiger partial charge in [-0.2, -0.15) is 0 Å². The molecule has 0 bridgehead atoms. The van der Waals surface area contributed by atoms with Crippen LogP contribution < -0.4 is 5.32 Å².